The standard InChI is InChI=1S/C12H14N2O2S/c13-8-12(5-3-1-2-4-6-12)11-14-9(7-17-11)10(15)16/h7H,1-6H2,(H,15,16). The molecule has 1 aliphatic rings. The van der Waals surface area contributed by atoms with E-state index < -0.39 is 11.4 Å². The Balaban J connectivity index is 2.33. The van der Waals surface area contributed by atoms with Crippen molar-refractivity contribution in [2.75, 3.05) is 0 Å². The monoisotopic (exact) mass is 250 g/mol. The van der Waals surface area contributed by atoms with Crippen molar-refractivity contribution >= 4 is 17.3 Å². The van der Waals surface area contributed by atoms with Gasteiger partial charge in [0.25, 0.3) is 0 Å². The first-order valence-electron chi connectivity index (χ1n) is 5.78. The summed E-state index contributed by atoms with van der Waals surface area (Å²) in [6.07, 6.45) is 5.96. The Bertz CT molecular complexity index is 453. The molecule has 1 heterocycles. The maximum absolute atomic E-state index is 10.8. The molecule has 0 aromatic carbocycles. The summed E-state index contributed by atoms with van der Waals surface area (Å²) in [7, 11) is 0. The summed E-state index contributed by atoms with van der Waals surface area (Å²) in [6.45, 7) is 0. The summed E-state index contributed by atoms with van der Waals surface area (Å²) in [6, 6.07) is 2.38. The molecule has 0 aliphatic heterocycles. The number of nitriles is 1. The molecular formula is C12H14N2O2S. The maximum Gasteiger partial charge on any atom is 0.355 e. The fraction of sp³-hybridized carbons (Fsp3) is 0.583. The lowest BCUT2D eigenvalue weighted by atomic mass is 9.82. The third-order valence-electron chi connectivity index (χ3n) is 3.30. The molecular weight excluding hydrogens is 236 g/mol. The number of carboxylic acid groups (broad SMARTS) is 1. The number of aromatic carboxylic acids is 1. The third kappa shape index (κ3) is 2.32. The van der Waals surface area contributed by atoms with Crippen molar-refractivity contribution < 1.29 is 9.90 Å². The van der Waals surface area contributed by atoms with Gasteiger partial charge in [0, 0.05) is 5.38 Å². The SMILES string of the molecule is N#CC1(c2nc(C(=O)O)cs2)CCCCCC1. The Labute approximate surface area is 104 Å². The van der Waals surface area contributed by atoms with Crippen LogP contribution >= 0.6 is 11.3 Å². The highest BCUT2D eigenvalue weighted by molar-refractivity contribution is 7.10. The summed E-state index contributed by atoms with van der Waals surface area (Å²) in [4.78, 5) is 14.9. The minimum Gasteiger partial charge on any atom is -0.476 e. The maximum atomic E-state index is 10.8. The molecule has 0 saturated heterocycles. The Hall–Kier alpha value is -1.41. The highest BCUT2D eigenvalue weighted by atomic mass is 32.1. The average Bonchev–Trinajstić information content (AvgIpc) is 2.70. The van der Waals surface area contributed by atoms with Gasteiger partial charge in [-0.25, -0.2) is 9.78 Å². The molecule has 1 aromatic heterocycles. The zero-order valence-electron chi connectivity index (χ0n) is 9.48. The van der Waals surface area contributed by atoms with Crippen molar-refractivity contribution in [3.63, 3.8) is 0 Å². The number of nitrogens with zero attached hydrogens (tertiary/aromatic N) is 2. The molecule has 0 bridgehead atoms. The van der Waals surface area contributed by atoms with Crippen molar-refractivity contribution in [1.82, 2.24) is 4.98 Å². The van der Waals surface area contributed by atoms with Crippen LogP contribution in [0, 0.1) is 11.3 Å². The van der Waals surface area contributed by atoms with Crippen molar-refractivity contribution in [3.8, 4) is 6.07 Å². The van der Waals surface area contributed by atoms with Gasteiger partial charge in [0.1, 0.15) is 10.4 Å². The van der Waals surface area contributed by atoms with Gasteiger partial charge in [-0.1, -0.05) is 25.7 Å². The van der Waals surface area contributed by atoms with Gasteiger partial charge in [0.15, 0.2) is 5.69 Å². The second-order valence-corrected chi connectivity index (χ2v) is 5.31. The molecule has 0 spiro atoms. The molecule has 0 unspecified atom stereocenters. The van der Waals surface area contributed by atoms with Crippen LogP contribution in [-0.4, -0.2) is 16.1 Å². The Morgan fingerprint density at radius 2 is 2.06 bits per heavy atom. The number of rotatable bonds is 2. The van der Waals surface area contributed by atoms with E-state index >= 15 is 0 Å². The molecule has 1 fully saturated rings. The Morgan fingerprint density at radius 1 is 1.41 bits per heavy atom. The number of aromatic nitrogens is 1. The number of hydrogen-bond acceptors (Lipinski definition) is 4. The fourth-order valence-corrected chi connectivity index (χ4v) is 3.30. The second-order valence-electron chi connectivity index (χ2n) is 4.45. The van der Waals surface area contributed by atoms with Crippen LogP contribution in [0.15, 0.2) is 5.38 Å². The van der Waals surface area contributed by atoms with Crippen molar-refractivity contribution in [2.45, 2.75) is 43.9 Å². The predicted octanol–water partition coefficient (Wildman–Crippen LogP) is 2.96. The van der Waals surface area contributed by atoms with Crippen molar-refractivity contribution in [3.05, 3.63) is 16.1 Å². The molecule has 2 rings (SSSR count). The molecule has 90 valence electrons. The Kier molecular flexibility index (Phi) is 3.43. The van der Waals surface area contributed by atoms with E-state index in [0.29, 0.717) is 5.01 Å². The number of hydrogen-bond donors (Lipinski definition) is 1. The number of carbonyl (C=O) groups is 1. The van der Waals surface area contributed by atoms with Gasteiger partial charge < -0.3 is 5.11 Å². The van der Waals surface area contributed by atoms with E-state index in [4.69, 9.17) is 5.11 Å². The highest BCUT2D eigenvalue weighted by Crippen LogP contribution is 2.39. The lowest BCUT2D eigenvalue weighted by Gasteiger charge is -2.21. The second kappa shape index (κ2) is 4.84. The van der Waals surface area contributed by atoms with E-state index in [0.717, 1.165) is 38.5 Å². The van der Waals surface area contributed by atoms with Crippen LogP contribution in [0.1, 0.15) is 54.0 Å². The van der Waals surface area contributed by atoms with Gasteiger partial charge in [-0.3, -0.25) is 0 Å². The molecule has 0 atom stereocenters. The molecule has 1 aliphatic carbocycles. The van der Waals surface area contributed by atoms with Crippen molar-refractivity contribution in [2.24, 2.45) is 0 Å². The van der Waals surface area contributed by atoms with Gasteiger partial charge in [-0.05, 0) is 12.8 Å². The lowest BCUT2D eigenvalue weighted by Crippen LogP contribution is -2.23. The fourth-order valence-electron chi connectivity index (χ4n) is 2.30. The molecule has 0 amide bonds. The molecule has 1 N–H and O–H groups in total. The van der Waals surface area contributed by atoms with E-state index in [-0.39, 0.29) is 5.69 Å². The first kappa shape index (κ1) is 12.1. The van der Waals surface area contributed by atoms with Crippen LogP contribution in [0.3, 0.4) is 0 Å². The van der Waals surface area contributed by atoms with E-state index in [1.165, 1.54) is 16.7 Å². The minimum atomic E-state index is -1.02. The minimum absolute atomic E-state index is 0.0591. The molecule has 17 heavy (non-hydrogen) atoms. The number of carboxylic acids is 1. The molecule has 0 radical (unpaired) electrons. The first-order chi connectivity index (χ1) is 8.18. The average molecular weight is 250 g/mol. The van der Waals surface area contributed by atoms with Gasteiger partial charge in [-0.2, -0.15) is 5.26 Å². The molecule has 1 saturated carbocycles. The van der Waals surface area contributed by atoms with Gasteiger partial charge in [-0.15, -0.1) is 11.3 Å². The Morgan fingerprint density at radius 3 is 2.53 bits per heavy atom. The molecule has 1 aromatic rings. The normalized spacial score (nSPS) is 19.2. The highest BCUT2D eigenvalue weighted by Gasteiger charge is 2.36. The summed E-state index contributed by atoms with van der Waals surface area (Å²) < 4.78 is 0. The van der Waals surface area contributed by atoms with E-state index in [9.17, 15) is 10.1 Å². The van der Waals surface area contributed by atoms with Crippen LogP contribution in [0.2, 0.25) is 0 Å². The topological polar surface area (TPSA) is 74.0 Å². The van der Waals surface area contributed by atoms with E-state index in [1.54, 1.807) is 0 Å². The van der Waals surface area contributed by atoms with Gasteiger partial charge in [0.2, 0.25) is 0 Å². The first-order valence-corrected chi connectivity index (χ1v) is 6.66. The van der Waals surface area contributed by atoms with Crippen LogP contribution in [0.4, 0.5) is 0 Å². The zero-order valence-corrected chi connectivity index (χ0v) is 10.3. The van der Waals surface area contributed by atoms with Gasteiger partial charge in [0.05, 0.1) is 6.07 Å². The summed E-state index contributed by atoms with van der Waals surface area (Å²) in [5, 5.41) is 20.5. The quantitative estimate of drug-likeness (QED) is 0.819. The molecule has 4 nitrogen and oxygen atoms in total. The summed E-state index contributed by atoms with van der Waals surface area (Å²) in [5.41, 5.74) is -0.488. The van der Waals surface area contributed by atoms with Gasteiger partial charge >= 0.3 is 5.97 Å². The van der Waals surface area contributed by atoms with Crippen LogP contribution in [-0.2, 0) is 5.41 Å². The van der Waals surface area contributed by atoms with Crippen LogP contribution in [0.25, 0.3) is 0 Å². The predicted molar refractivity (Wildman–Crippen MR) is 64.1 cm³/mol. The van der Waals surface area contributed by atoms with E-state index in [1.807, 2.05) is 0 Å². The van der Waals surface area contributed by atoms with Crippen LogP contribution in [0.5, 0.6) is 0 Å². The number of thiazole rings is 1. The van der Waals surface area contributed by atoms with Crippen molar-refractivity contribution in [1.29, 1.82) is 5.26 Å². The summed E-state index contributed by atoms with van der Waals surface area (Å²) >= 11 is 1.30. The lowest BCUT2D eigenvalue weighted by molar-refractivity contribution is 0.0691. The smallest absolute Gasteiger partial charge is 0.355 e. The van der Waals surface area contributed by atoms with E-state index in [2.05, 4.69) is 11.1 Å². The summed E-state index contributed by atoms with van der Waals surface area (Å²) in [5.74, 6) is -1.02. The third-order valence-corrected chi connectivity index (χ3v) is 4.35. The zero-order chi connectivity index (χ0) is 12.3. The molecule has 5 heteroatoms. The largest absolute Gasteiger partial charge is 0.476 e. The van der Waals surface area contributed by atoms with Crippen LogP contribution < -0.4 is 0 Å².